The number of hydrogen-bond acceptors (Lipinski definition) is 7. The molecule has 0 spiro atoms. The summed E-state index contributed by atoms with van der Waals surface area (Å²) in [7, 11) is 7.52. The Labute approximate surface area is 191 Å². The molecule has 0 bridgehead atoms. The lowest BCUT2D eigenvalue weighted by atomic mass is 9.94. The average Bonchev–Trinajstić information content (AvgIpc) is 2.82. The van der Waals surface area contributed by atoms with Gasteiger partial charge in [-0.3, -0.25) is 4.79 Å². The van der Waals surface area contributed by atoms with E-state index in [0.29, 0.717) is 51.3 Å². The van der Waals surface area contributed by atoms with E-state index in [-0.39, 0.29) is 0 Å². The molecule has 0 saturated carbocycles. The Bertz CT molecular complexity index is 1070. The molecule has 1 aliphatic rings. The first-order chi connectivity index (χ1) is 15.9. The van der Waals surface area contributed by atoms with Crippen molar-refractivity contribution in [1.29, 1.82) is 0 Å². The average molecular weight is 457 g/mol. The molecule has 3 amide bonds. The molecule has 33 heavy (non-hydrogen) atoms. The number of benzene rings is 2. The summed E-state index contributed by atoms with van der Waals surface area (Å²) in [5.74, 6) is 1.78. The molecule has 2 aromatic carbocycles. The van der Waals surface area contributed by atoms with E-state index in [1.165, 1.54) is 28.4 Å². The number of carbonyl (C=O) groups is 2. The summed E-state index contributed by atoms with van der Waals surface area (Å²) in [5, 5.41) is 8.30. The van der Waals surface area contributed by atoms with Gasteiger partial charge in [-0.15, -0.1) is 0 Å². The maximum atomic E-state index is 13.4. The van der Waals surface area contributed by atoms with Gasteiger partial charge in [-0.25, -0.2) is 4.79 Å². The maximum absolute atomic E-state index is 13.4. The SMILES string of the molecule is COc1ccc(NC(=O)C2=C(C)NC(=O)N[C@H]2c2cc(OC)c(OC)c(OC)c2)c(OC)c1. The zero-order valence-electron chi connectivity index (χ0n) is 19.3. The summed E-state index contributed by atoms with van der Waals surface area (Å²) in [6, 6.07) is 7.19. The lowest BCUT2D eigenvalue weighted by Gasteiger charge is -2.29. The number of ether oxygens (including phenoxy) is 5. The molecule has 3 rings (SSSR count). The van der Waals surface area contributed by atoms with Crippen molar-refractivity contribution in [1.82, 2.24) is 10.6 Å². The molecule has 0 fully saturated rings. The fourth-order valence-corrected chi connectivity index (χ4v) is 3.60. The van der Waals surface area contributed by atoms with Crippen molar-refractivity contribution < 1.29 is 33.3 Å². The molecule has 10 nitrogen and oxygen atoms in total. The van der Waals surface area contributed by atoms with Crippen LogP contribution in [0.4, 0.5) is 10.5 Å². The monoisotopic (exact) mass is 457 g/mol. The highest BCUT2D eigenvalue weighted by Gasteiger charge is 2.33. The van der Waals surface area contributed by atoms with Crippen LogP contribution in [0.2, 0.25) is 0 Å². The number of carbonyl (C=O) groups excluding carboxylic acids is 2. The topological polar surface area (TPSA) is 116 Å². The first-order valence-corrected chi connectivity index (χ1v) is 9.98. The molecule has 1 atom stereocenters. The molecule has 0 aliphatic carbocycles. The lowest BCUT2D eigenvalue weighted by molar-refractivity contribution is -0.113. The second-order valence-electron chi connectivity index (χ2n) is 7.05. The van der Waals surface area contributed by atoms with Gasteiger partial charge in [-0.05, 0) is 36.8 Å². The van der Waals surface area contributed by atoms with E-state index in [4.69, 9.17) is 23.7 Å². The van der Waals surface area contributed by atoms with Gasteiger partial charge < -0.3 is 39.6 Å². The largest absolute Gasteiger partial charge is 0.497 e. The van der Waals surface area contributed by atoms with E-state index in [1.807, 2.05) is 0 Å². The highest BCUT2D eigenvalue weighted by molar-refractivity contribution is 6.07. The zero-order valence-corrected chi connectivity index (χ0v) is 19.3. The van der Waals surface area contributed by atoms with Gasteiger partial charge in [0.25, 0.3) is 5.91 Å². The number of urea groups is 1. The first-order valence-electron chi connectivity index (χ1n) is 9.98. The molecule has 10 heteroatoms. The van der Waals surface area contributed by atoms with Gasteiger partial charge in [-0.1, -0.05) is 0 Å². The van der Waals surface area contributed by atoms with Gasteiger partial charge in [-0.2, -0.15) is 0 Å². The summed E-state index contributed by atoms with van der Waals surface area (Å²) in [6.45, 7) is 1.66. The van der Waals surface area contributed by atoms with Crippen LogP contribution >= 0.6 is 0 Å². The molecule has 0 unspecified atom stereocenters. The van der Waals surface area contributed by atoms with Crippen molar-refractivity contribution in [3.8, 4) is 28.7 Å². The van der Waals surface area contributed by atoms with Crippen LogP contribution in [0.1, 0.15) is 18.5 Å². The Morgan fingerprint density at radius 3 is 2.06 bits per heavy atom. The predicted octanol–water partition coefficient (Wildman–Crippen LogP) is 3.00. The number of methoxy groups -OCH3 is 5. The van der Waals surface area contributed by atoms with Crippen LogP contribution in [-0.4, -0.2) is 47.5 Å². The Morgan fingerprint density at radius 2 is 1.52 bits per heavy atom. The zero-order chi connectivity index (χ0) is 24.1. The summed E-state index contributed by atoms with van der Waals surface area (Å²) in [4.78, 5) is 25.7. The van der Waals surface area contributed by atoms with Gasteiger partial charge in [0.2, 0.25) is 5.75 Å². The third-order valence-electron chi connectivity index (χ3n) is 5.19. The quantitative estimate of drug-likeness (QED) is 0.558. The third kappa shape index (κ3) is 4.74. The molecule has 1 aliphatic heterocycles. The van der Waals surface area contributed by atoms with Crippen LogP contribution in [-0.2, 0) is 4.79 Å². The molecule has 2 aromatic rings. The number of nitrogens with one attached hydrogen (secondary N) is 3. The predicted molar refractivity (Wildman–Crippen MR) is 121 cm³/mol. The van der Waals surface area contributed by atoms with Crippen LogP contribution in [0.3, 0.4) is 0 Å². The smallest absolute Gasteiger partial charge is 0.319 e. The summed E-state index contributed by atoms with van der Waals surface area (Å²) in [6.07, 6.45) is 0. The number of hydrogen-bond donors (Lipinski definition) is 3. The Hall–Kier alpha value is -4.08. The molecule has 0 saturated heterocycles. The normalized spacial score (nSPS) is 15.2. The van der Waals surface area contributed by atoms with E-state index in [2.05, 4.69) is 16.0 Å². The van der Waals surface area contributed by atoms with Crippen LogP contribution in [0, 0.1) is 0 Å². The highest BCUT2D eigenvalue weighted by Crippen LogP contribution is 2.41. The van der Waals surface area contributed by atoms with E-state index in [9.17, 15) is 9.59 Å². The van der Waals surface area contributed by atoms with Crippen LogP contribution in [0.25, 0.3) is 0 Å². The molecule has 0 radical (unpaired) electrons. The van der Waals surface area contributed by atoms with Crippen molar-refractivity contribution in [3.63, 3.8) is 0 Å². The Balaban J connectivity index is 2.04. The summed E-state index contributed by atoms with van der Waals surface area (Å²) in [5.41, 5.74) is 1.74. The minimum absolute atomic E-state index is 0.307. The van der Waals surface area contributed by atoms with Crippen LogP contribution < -0.4 is 39.6 Å². The number of rotatable bonds is 8. The Kier molecular flexibility index (Phi) is 7.17. The minimum atomic E-state index is -0.781. The fourth-order valence-electron chi connectivity index (χ4n) is 3.60. The first kappa shape index (κ1) is 23.6. The Morgan fingerprint density at radius 1 is 0.879 bits per heavy atom. The highest BCUT2D eigenvalue weighted by atomic mass is 16.5. The van der Waals surface area contributed by atoms with E-state index >= 15 is 0 Å². The van der Waals surface area contributed by atoms with Gasteiger partial charge in [0, 0.05) is 11.8 Å². The molecule has 176 valence electrons. The maximum Gasteiger partial charge on any atom is 0.319 e. The number of allylic oxidation sites excluding steroid dienone is 1. The second-order valence-corrected chi connectivity index (χ2v) is 7.05. The minimum Gasteiger partial charge on any atom is -0.497 e. The van der Waals surface area contributed by atoms with E-state index in [1.54, 1.807) is 44.4 Å². The molecular weight excluding hydrogens is 430 g/mol. The second kappa shape index (κ2) is 10.0. The van der Waals surface area contributed by atoms with Gasteiger partial charge >= 0.3 is 6.03 Å². The molecule has 0 aromatic heterocycles. The van der Waals surface area contributed by atoms with Crippen LogP contribution in [0.5, 0.6) is 28.7 Å². The van der Waals surface area contributed by atoms with Crippen LogP contribution in [0.15, 0.2) is 41.6 Å². The lowest BCUT2D eigenvalue weighted by Crippen LogP contribution is -2.46. The van der Waals surface area contributed by atoms with Crippen molar-refractivity contribution in [3.05, 3.63) is 47.2 Å². The fraction of sp³-hybridized carbons (Fsp3) is 0.304. The van der Waals surface area contributed by atoms with Gasteiger partial charge in [0.1, 0.15) is 11.5 Å². The number of amides is 3. The molecule has 3 N–H and O–H groups in total. The third-order valence-corrected chi connectivity index (χ3v) is 5.19. The standard InChI is InChI=1S/C23H27N3O7/c1-12-19(22(27)25-15-8-7-14(29-2)11-16(15)30-3)20(26-23(28)24-12)13-9-17(31-4)21(33-6)18(10-13)32-5/h7-11,20H,1-6H3,(H,25,27)(H2,24,26,28)/t20-/m0/s1. The molecular formula is C23H27N3O7. The van der Waals surface area contributed by atoms with Crippen molar-refractivity contribution >= 4 is 17.6 Å². The number of anilines is 1. The summed E-state index contributed by atoms with van der Waals surface area (Å²) >= 11 is 0. The van der Waals surface area contributed by atoms with E-state index < -0.39 is 18.0 Å². The van der Waals surface area contributed by atoms with E-state index in [0.717, 1.165) is 0 Å². The summed E-state index contributed by atoms with van der Waals surface area (Å²) < 4.78 is 26.8. The van der Waals surface area contributed by atoms with Gasteiger partial charge in [0.05, 0.1) is 52.9 Å². The van der Waals surface area contributed by atoms with Crippen molar-refractivity contribution in [2.75, 3.05) is 40.9 Å². The van der Waals surface area contributed by atoms with Crippen molar-refractivity contribution in [2.45, 2.75) is 13.0 Å². The van der Waals surface area contributed by atoms with Crippen molar-refractivity contribution in [2.24, 2.45) is 0 Å². The molecule has 1 heterocycles. The van der Waals surface area contributed by atoms with Gasteiger partial charge in [0.15, 0.2) is 11.5 Å².